The van der Waals surface area contributed by atoms with Crippen molar-refractivity contribution >= 4 is 22.8 Å². The van der Waals surface area contributed by atoms with Crippen molar-refractivity contribution in [3.8, 4) is 5.75 Å². The summed E-state index contributed by atoms with van der Waals surface area (Å²) in [5, 5.41) is 10.7. The van der Waals surface area contributed by atoms with E-state index in [2.05, 4.69) is 9.97 Å². The van der Waals surface area contributed by atoms with Crippen molar-refractivity contribution in [3.63, 3.8) is 0 Å². The maximum Gasteiger partial charge on any atom is 0.166 e. The van der Waals surface area contributed by atoms with Gasteiger partial charge in [-0.15, -0.1) is 0 Å². The molecule has 2 unspecified atom stereocenters. The van der Waals surface area contributed by atoms with E-state index < -0.39 is 5.54 Å². The third-order valence-electron chi connectivity index (χ3n) is 3.93. The van der Waals surface area contributed by atoms with Crippen molar-refractivity contribution in [2.45, 2.75) is 42.1 Å². The number of nitrogens with one attached hydrogen (secondary N) is 1. The van der Waals surface area contributed by atoms with Crippen molar-refractivity contribution in [1.29, 1.82) is 0 Å². The molecule has 0 spiro atoms. The molecule has 21 heavy (non-hydrogen) atoms. The van der Waals surface area contributed by atoms with Crippen molar-refractivity contribution in [3.05, 3.63) is 18.2 Å². The number of aromatic amines is 1. The molecule has 3 rings (SSSR count). The molecule has 1 heterocycles. The summed E-state index contributed by atoms with van der Waals surface area (Å²) in [4.78, 5) is 7.93. The summed E-state index contributed by atoms with van der Waals surface area (Å²) in [6, 6.07) is 5.88. The molecule has 0 saturated heterocycles. The topological polar surface area (TPSA) is 84.2 Å². The van der Waals surface area contributed by atoms with Gasteiger partial charge < -0.3 is 20.6 Å². The first-order valence-electron chi connectivity index (χ1n) is 7.31. The number of aliphatic hydroxyl groups excluding tert-OH is 1. The van der Waals surface area contributed by atoms with E-state index in [9.17, 15) is 5.11 Å². The lowest BCUT2D eigenvalue weighted by atomic mass is 10.0. The highest BCUT2D eigenvalue weighted by atomic mass is 32.2. The van der Waals surface area contributed by atoms with Gasteiger partial charge in [0.15, 0.2) is 5.16 Å². The molecule has 0 bridgehead atoms. The zero-order chi connectivity index (χ0) is 14.9. The summed E-state index contributed by atoms with van der Waals surface area (Å²) in [6.45, 7) is 2.68. The Labute approximate surface area is 128 Å². The van der Waals surface area contributed by atoms with Crippen LogP contribution in [-0.4, -0.2) is 39.1 Å². The minimum atomic E-state index is -0.411. The van der Waals surface area contributed by atoms with Gasteiger partial charge in [0, 0.05) is 16.9 Å². The summed E-state index contributed by atoms with van der Waals surface area (Å²) in [5.74, 6) is 0.854. The fraction of sp³-hybridized carbons (Fsp3) is 0.533. The molecule has 1 aromatic carbocycles. The van der Waals surface area contributed by atoms with E-state index in [1.165, 1.54) is 0 Å². The predicted octanol–water partition coefficient (Wildman–Crippen LogP) is 2.30. The molecule has 1 aliphatic rings. The van der Waals surface area contributed by atoms with Crippen LogP contribution < -0.4 is 10.5 Å². The summed E-state index contributed by atoms with van der Waals surface area (Å²) in [6.07, 6.45) is 2.72. The number of rotatable bonds is 5. The highest BCUT2D eigenvalue weighted by Gasteiger charge is 2.36. The van der Waals surface area contributed by atoms with Gasteiger partial charge in [-0.1, -0.05) is 11.8 Å². The van der Waals surface area contributed by atoms with Gasteiger partial charge in [0.25, 0.3) is 0 Å². The largest absolute Gasteiger partial charge is 0.494 e. The molecule has 1 aliphatic carbocycles. The fourth-order valence-corrected chi connectivity index (χ4v) is 4.07. The number of H-pyrrole nitrogens is 1. The number of hydrogen-bond acceptors (Lipinski definition) is 5. The first kappa shape index (κ1) is 14.7. The van der Waals surface area contributed by atoms with Crippen LogP contribution in [0.1, 0.15) is 26.2 Å². The Morgan fingerprint density at radius 2 is 2.43 bits per heavy atom. The zero-order valence-corrected chi connectivity index (χ0v) is 12.9. The summed E-state index contributed by atoms with van der Waals surface area (Å²) < 4.78 is 5.50. The molecule has 2 atom stereocenters. The number of aromatic nitrogens is 2. The lowest BCUT2D eigenvalue weighted by Gasteiger charge is -2.20. The summed E-state index contributed by atoms with van der Waals surface area (Å²) >= 11 is 1.72. The molecule has 2 aromatic rings. The molecule has 1 fully saturated rings. The van der Waals surface area contributed by atoms with Crippen LogP contribution in [-0.2, 0) is 0 Å². The van der Waals surface area contributed by atoms with Crippen LogP contribution in [0.25, 0.3) is 11.0 Å². The van der Waals surface area contributed by atoms with E-state index >= 15 is 0 Å². The Hall–Kier alpha value is -1.24. The summed E-state index contributed by atoms with van der Waals surface area (Å²) in [5.41, 5.74) is 7.64. The number of aliphatic hydroxyl groups is 1. The first-order chi connectivity index (χ1) is 10.1. The van der Waals surface area contributed by atoms with Crippen molar-refractivity contribution in [2.24, 2.45) is 5.73 Å². The van der Waals surface area contributed by atoms with E-state index in [1.807, 2.05) is 25.1 Å². The Bertz CT molecular complexity index is 630. The molecule has 1 saturated carbocycles. The van der Waals surface area contributed by atoms with E-state index in [0.717, 1.165) is 41.2 Å². The van der Waals surface area contributed by atoms with Crippen LogP contribution in [0.4, 0.5) is 0 Å². The van der Waals surface area contributed by atoms with E-state index in [4.69, 9.17) is 10.5 Å². The highest BCUT2D eigenvalue weighted by Crippen LogP contribution is 2.38. The van der Waals surface area contributed by atoms with Crippen LogP contribution >= 0.6 is 11.8 Å². The quantitative estimate of drug-likeness (QED) is 0.789. The monoisotopic (exact) mass is 307 g/mol. The average Bonchev–Trinajstić information content (AvgIpc) is 3.03. The number of thioether (sulfide) groups is 1. The minimum absolute atomic E-state index is 0.0574. The van der Waals surface area contributed by atoms with Gasteiger partial charge in [0.05, 0.1) is 24.2 Å². The lowest BCUT2D eigenvalue weighted by molar-refractivity contribution is 0.200. The smallest absolute Gasteiger partial charge is 0.166 e. The second-order valence-corrected chi connectivity index (χ2v) is 6.95. The Balaban J connectivity index is 1.73. The number of nitrogens with two attached hydrogens (primary N) is 1. The molecule has 6 heteroatoms. The second kappa shape index (κ2) is 5.87. The van der Waals surface area contributed by atoms with Gasteiger partial charge in [0.1, 0.15) is 5.75 Å². The van der Waals surface area contributed by atoms with Crippen LogP contribution in [0.3, 0.4) is 0 Å². The molecule has 5 nitrogen and oxygen atoms in total. The Morgan fingerprint density at radius 1 is 1.57 bits per heavy atom. The van der Waals surface area contributed by atoms with Gasteiger partial charge in [-0.05, 0) is 38.3 Å². The maximum absolute atomic E-state index is 9.33. The standard InChI is InChI=1S/C15H21N3O2S/c1-2-20-10-3-4-12-13(7-10)18-14(17-12)21-11-5-6-15(16,8-11)9-19/h3-4,7,11,19H,2,5-6,8-9,16H2,1H3,(H,17,18). The predicted molar refractivity (Wildman–Crippen MR) is 84.8 cm³/mol. The summed E-state index contributed by atoms with van der Waals surface area (Å²) in [7, 11) is 0. The third-order valence-corrected chi connectivity index (χ3v) is 5.09. The number of hydrogen-bond donors (Lipinski definition) is 3. The fourth-order valence-electron chi connectivity index (χ4n) is 2.79. The number of benzene rings is 1. The Kier molecular flexibility index (Phi) is 4.10. The zero-order valence-electron chi connectivity index (χ0n) is 12.1. The van der Waals surface area contributed by atoms with Gasteiger partial charge in [-0.25, -0.2) is 4.98 Å². The molecule has 4 N–H and O–H groups in total. The minimum Gasteiger partial charge on any atom is -0.494 e. The van der Waals surface area contributed by atoms with E-state index in [-0.39, 0.29) is 6.61 Å². The molecule has 0 radical (unpaired) electrons. The maximum atomic E-state index is 9.33. The van der Waals surface area contributed by atoms with Crippen molar-refractivity contribution in [2.75, 3.05) is 13.2 Å². The van der Waals surface area contributed by atoms with E-state index in [0.29, 0.717) is 11.9 Å². The number of ether oxygens (including phenoxy) is 1. The van der Waals surface area contributed by atoms with Crippen molar-refractivity contribution < 1.29 is 9.84 Å². The normalized spacial score (nSPS) is 25.6. The van der Waals surface area contributed by atoms with Gasteiger partial charge >= 0.3 is 0 Å². The van der Waals surface area contributed by atoms with Gasteiger partial charge in [0.2, 0.25) is 0 Å². The molecular weight excluding hydrogens is 286 g/mol. The van der Waals surface area contributed by atoms with Gasteiger partial charge in [-0.2, -0.15) is 0 Å². The molecule has 1 aromatic heterocycles. The number of nitrogens with zero attached hydrogens (tertiary/aromatic N) is 1. The highest BCUT2D eigenvalue weighted by molar-refractivity contribution is 7.99. The molecule has 0 aliphatic heterocycles. The second-order valence-electron chi connectivity index (χ2n) is 5.66. The molecular formula is C15H21N3O2S. The van der Waals surface area contributed by atoms with Crippen LogP contribution in [0.5, 0.6) is 5.75 Å². The van der Waals surface area contributed by atoms with Crippen LogP contribution in [0, 0.1) is 0 Å². The third kappa shape index (κ3) is 3.17. The molecule has 114 valence electrons. The van der Waals surface area contributed by atoms with Crippen LogP contribution in [0.15, 0.2) is 23.4 Å². The number of fused-ring (bicyclic) bond motifs is 1. The Morgan fingerprint density at radius 3 is 3.14 bits per heavy atom. The SMILES string of the molecule is CCOc1ccc2nc(SC3CCC(N)(CO)C3)[nH]c2c1. The average molecular weight is 307 g/mol. The molecule has 0 amide bonds. The van der Waals surface area contributed by atoms with Gasteiger partial charge in [-0.3, -0.25) is 0 Å². The lowest BCUT2D eigenvalue weighted by Crippen LogP contribution is -2.40. The van der Waals surface area contributed by atoms with E-state index in [1.54, 1.807) is 11.8 Å². The number of imidazole rings is 1. The van der Waals surface area contributed by atoms with Crippen LogP contribution in [0.2, 0.25) is 0 Å². The first-order valence-corrected chi connectivity index (χ1v) is 8.19. The van der Waals surface area contributed by atoms with Crippen molar-refractivity contribution in [1.82, 2.24) is 9.97 Å².